The van der Waals surface area contributed by atoms with Gasteiger partial charge in [0.1, 0.15) is 0 Å². The number of carbonyl (C=O) groups excluding carboxylic acids is 1. The number of carboxylic acids is 1. The Bertz CT molecular complexity index is 517. The number of ketones is 1. The summed E-state index contributed by atoms with van der Waals surface area (Å²) in [6.07, 6.45) is 2.42. The molecule has 0 aromatic heterocycles. The Balaban J connectivity index is 2.19. The molecule has 0 atom stereocenters. The number of aromatic carboxylic acids is 1. The van der Waals surface area contributed by atoms with Crippen molar-refractivity contribution in [2.75, 3.05) is 19.6 Å². The molecule has 1 heterocycles. The van der Waals surface area contributed by atoms with E-state index in [1.807, 2.05) is 6.08 Å². The third kappa shape index (κ3) is 3.29. The van der Waals surface area contributed by atoms with Crippen molar-refractivity contribution >= 4 is 17.8 Å². The average molecular weight is 259 g/mol. The van der Waals surface area contributed by atoms with Crippen molar-refractivity contribution in [3.8, 4) is 0 Å². The van der Waals surface area contributed by atoms with E-state index in [2.05, 4.69) is 11.8 Å². The Morgan fingerprint density at radius 3 is 2.63 bits per heavy atom. The van der Waals surface area contributed by atoms with Crippen molar-refractivity contribution in [1.82, 2.24) is 4.90 Å². The number of benzene rings is 1. The van der Waals surface area contributed by atoms with Crippen LogP contribution in [0.3, 0.4) is 0 Å². The second-order valence-electron chi connectivity index (χ2n) is 4.64. The summed E-state index contributed by atoms with van der Waals surface area (Å²) in [4.78, 5) is 24.8. The van der Waals surface area contributed by atoms with Crippen LogP contribution in [0.5, 0.6) is 0 Å². The molecule has 0 bridgehead atoms. The molecular formula is C15H17NO3. The molecule has 0 radical (unpaired) electrons. The highest BCUT2D eigenvalue weighted by Gasteiger charge is 2.19. The van der Waals surface area contributed by atoms with Gasteiger partial charge in [-0.25, -0.2) is 4.79 Å². The summed E-state index contributed by atoms with van der Waals surface area (Å²) in [6, 6.07) is 6.57. The summed E-state index contributed by atoms with van der Waals surface area (Å²) in [5.74, 6) is -0.753. The summed E-state index contributed by atoms with van der Waals surface area (Å²) < 4.78 is 0. The van der Waals surface area contributed by atoms with Crippen molar-refractivity contribution in [3.05, 3.63) is 41.0 Å². The largest absolute Gasteiger partial charge is 0.478 e. The third-order valence-corrected chi connectivity index (χ3v) is 3.35. The van der Waals surface area contributed by atoms with E-state index in [9.17, 15) is 9.59 Å². The van der Waals surface area contributed by atoms with Gasteiger partial charge in [0.05, 0.1) is 5.56 Å². The normalized spacial score (nSPS) is 18.8. The second-order valence-corrected chi connectivity index (χ2v) is 4.64. The second kappa shape index (κ2) is 5.80. The molecule has 4 nitrogen and oxygen atoms in total. The predicted molar refractivity (Wildman–Crippen MR) is 73.1 cm³/mol. The average Bonchev–Trinajstić information content (AvgIpc) is 2.42. The summed E-state index contributed by atoms with van der Waals surface area (Å²) in [5, 5.41) is 8.83. The quantitative estimate of drug-likeness (QED) is 0.844. The van der Waals surface area contributed by atoms with Gasteiger partial charge in [0, 0.05) is 25.1 Å². The zero-order valence-electron chi connectivity index (χ0n) is 10.9. The van der Waals surface area contributed by atoms with Gasteiger partial charge >= 0.3 is 5.97 Å². The molecule has 0 saturated carbocycles. The first-order valence-electron chi connectivity index (χ1n) is 6.39. The van der Waals surface area contributed by atoms with Gasteiger partial charge in [-0.3, -0.25) is 9.69 Å². The highest BCUT2D eigenvalue weighted by molar-refractivity contribution is 6.00. The minimum Gasteiger partial charge on any atom is -0.478 e. The third-order valence-electron chi connectivity index (χ3n) is 3.35. The zero-order chi connectivity index (χ0) is 13.8. The molecule has 0 aliphatic carbocycles. The van der Waals surface area contributed by atoms with Gasteiger partial charge in [-0.2, -0.15) is 0 Å². The minimum atomic E-state index is -0.940. The molecule has 1 fully saturated rings. The summed E-state index contributed by atoms with van der Waals surface area (Å²) in [7, 11) is 0. The lowest BCUT2D eigenvalue weighted by molar-refractivity contribution is -0.117. The van der Waals surface area contributed by atoms with Crippen molar-refractivity contribution < 1.29 is 14.7 Å². The number of likely N-dealkylation sites (N-methyl/N-ethyl adjacent to an activating group) is 1. The number of Topliss-reactive ketones (excluding diaryl/α,β-unsaturated/α-hetero) is 1. The molecule has 1 aliphatic rings. The number of piperidine rings is 1. The Hall–Kier alpha value is -1.94. The molecule has 0 amide bonds. The molecule has 1 aromatic rings. The van der Waals surface area contributed by atoms with E-state index in [0.717, 1.165) is 24.2 Å². The monoisotopic (exact) mass is 259 g/mol. The maximum atomic E-state index is 11.8. The molecule has 0 spiro atoms. The summed E-state index contributed by atoms with van der Waals surface area (Å²) in [6.45, 7) is 4.51. The van der Waals surface area contributed by atoms with Crippen LogP contribution in [0, 0.1) is 0 Å². The van der Waals surface area contributed by atoms with E-state index in [0.29, 0.717) is 13.0 Å². The highest BCUT2D eigenvalue weighted by atomic mass is 16.4. The lowest BCUT2D eigenvalue weighted by Crippen LogP contribution is -2.35. The van der Waals surface area contributed by atoms with Crippen molar-refractivity contribution in [2.45, 2.75) is 13.3 Å². The summed E-state index contributed by atoms with van der Waals surface area (Å²) >= 11 is 0. The number of rotatable bonds is 3. The molecule has 4 heteroatoms. The van der Waals surface area contributed by atoms with Gasteiger partial charge in [-0.05, 0) is 30.3 Å². The standard InChI is InChI=1S/C15H17NO3/c1-2-16-8-7-14(17)13(10-16)9-11-3-5-12(6-4-11)15(18)19/h3-6,9H,2,7-8,10H2,1H3,(H,18,19)/b13-9+. The fraction of sp³-hybridized carbons (Fsp3) is 0.333. The zero-order valence-corrected chi connectivity index (χ0v) is 10.9. The van der Waals surface area contributed by atoms with Crippen LogP contribution in [0.4, 0.5) is 0 Å². The fourth-order valence-corrected chi connectivity index (χ4v) is 2.15. The van der Waals surface area contributed by atoms with E-state index in [4.69, 9.17) is 5.11 Å². The van der Waals surface area contributed by atoms with Gasteiger partial charge in [0.15, 0.2) is 5.78 Å². The molecule has 1 aliphatic heterocycles. The van der Waals surface area contributed by atoms with Crippen LogP contribution >= 0.6 is 0 Å². The maximum Gasteiger partial charge on any atom is 0.335 e. The molecule has 100 valence electrons. The SMILES string of the molecule is CCN1CCC(=O)/C(=C/c2ccc(C(=O)O)cc2)C1. The first kappa shape index (κ1) is 13.5. The van der Waals surface area contributed by atoms with E-state index >= 15 is 0 Å². The fourth-order valence-electron chi connectivity index (χ4n) is 2.15. The first-order valence-corrected chi connectivity index (χ1v) is 6.39. The van der Waals surface area contributed by atoms with Crippen molar-refractivity contribution in [3.63, 3.8) is 0 Å². The van der Waals surface area contributed by atoms with Gasteiger partial charge in [-0.1, -0.05) is 19.1 Å². The maximum absolute atomic E-state index is 11.8. The minimum absolute atomic E-state index is 0.187. The summed E-state index contributed by atoms with van der Waals surface area (Å²) in [5.41, 5.74) is 1.93. The molecule has 2 rings (SSSR count). The van der Waals surface area contributed by atoms with E-state index < -0.39 is 5.97 Å². The predicted octanol–water partition coefficient (Wildman–Crippen LogP) is 2.06. The lowest BCUT2D eigenvalue weighted by Gasteiger charge is -2.26. The van der Waals surface area contributed by atoms with Crippen LogP contribution in [-0.4, -0.2) is 41.4 Å². The molecule has 0 unspecified atom stereocenters. The number of hydrogen-bond donors (Lipinski definition) is 1. The van der Waals surface area contributed by atoms with Gasteiger partial charge in [-0.15, -0.1) is 0 Å². The van der Waals surface area contributed by atoms with Gasteiger partial charge in [0.2, 0.25) is 0 Å². The number of carboxylic acid groups (broad SMARTS) is 1. The Morgan fingerprint density at radius 1 is 1.37 bits per heavy atom. The van der Waals surface area contributed by atoms with Crippen LogP contribution in [0.25, 0.3) is 6.08 Å². The van der Waals surface area contributed by atoms with Crippen LogP contribution in [0.1, 0.15) is 29.3 Å². The molecular weight excluding hydrogens is 242 g/mol. The molecule has 1 saturated heterocycles. The Kier molecular flexibility index (Phi) is 4.12. The Labute approximate surface area is 112 Å². The molecule has 1 aromatic carbocycles. The number of hydrogen-bond acceptors (Lipinski definition) is 3. The van der Waals surface area contributed by atoms with Crippen LogP contribution in [0.2, 0.25) is 0 Å². The number of nitrogens with zero attached hydrogens (tertiary/aromatic N) is 1. The van der Waals surface area contributed by atoms with Crippen molar-refractivity contribution in [1.29, 1.82) is 0 Å². The lowest BCUT2D eigenvalue weighted by atomic mass is 10.00. The van der Waals surface area contributed by atoms with Crippen LogP contribution in [0.15, 0.2) is 29.8 Å². The topological polar surface area (TPSA) is 57.6 Å². The van der Waals surface area contributed by atoms with Gasteiger partial charge < -0.3 is 5.11 Å². The van der Waals surface area contributed by atoms with Crippen LogP contribution in [-0.2, 0) is 4.79 Å². The van der Waals surface area contributed by atoms with E-state index in [1.165, 1.54) is 0 Å². The molecule has 1 N–H and O–H groups in total. The number of carbonyl (C=O) groups is 2. The number of likely N-dealkylation sites (tertiary alicyclic amines) is 1. The van der Waals surface area contributed by atoms with Crippen molar-refractivity contribution in [2.24, 2.45) is 0 Å². The first-order chi connectivity index (χ1) is 9.10. The molecule has 19 heavy (non-hydrogen) atoms. The van der Waals surface area contributed by atoms with Gasteiger partial charge in [0.25, 0.3) is 0 Å². The van der Waals surface area contributed by atoms with E-state index in [1.54, 1.807) is 24.3 Å². The Morgan fingerprint density at radius 2 is 2.05 bits per heavy atom. The van der Waals surface area contributed by atoms with E-state index in [-0.39, 0.29) is 11.3 Å². The highest BCUT2D eigenvalue weighted by Crippen LogP contribution is 2.16. The smallest absolute Gasteiger partial charge is 0.335 e. The van der Waals surface area contributed by atoms with Crippen LogP contribution < -0.4 is 0 Å².